The fourth-order valence-corrected chi connectivity index (χ4v) is 9.36. The van der Waals surface area contributed by atoms with Crippen LogP contribution in [0.25, 0.3) is 65.3 Å². The lowest BCUT2D eigenvalue weighted by Crippen LogP contribution is -2.47. The zero-order valence-corrected chi connectivity index (χ0v) is 33.1. The summed E-state index contributed by atoms with van der Waals surface area (Å²) in [5.41, 5.74) is 3.00. The Morgan fingerprint density at radius 1 is 0.500 bits per heavy atom. The molecule has 1 aliphatic rings. The second-order valence-corrected chi connectivity index (χ2v) is 15.8. The topological polar surface area (TPSA) is 124 Å². The Labute approximate surface area is 337 Å². The lowest BCUT2D eigenvalue weighted by molar-refractivity contribution is -0.384. The summed E-state index contributed by atoms with van der Waals surface area (Å²) in [4.78, 5) is 54.8. The van der Waals surface area contributed by atoms with Gasteiger partial charge in [0.15, 0.2) is 0 Å². The Kier molecular flexibility index (Phi) is 10.9. The quantitative estimate of drug-likeness (QED) is 0.0227. The standard InChI is InChI=1S/C49H47N3O6/c1-3-5-7-9-11-17-34(18-12-10-8-6-4-2)50-48(53)39-25-23-37-41-29-31(35-19-13-15-21-43(35)51(55)56)27-33-28-32(36-20-14-16-22-44(36)52(57)58)30-42(45(33)41)38-24-26-40(49(50)54)47(39)46(37)38/h13-16,19-30,34H,3-12,17-18H2,1-2H3. The summed E-state index contributed by atoms with van der Waals surface area (Å²) in [5, 5.41) is 30.8. The third-order valence-corrected chi connectivity index (χ3v) is 12.2. The number of benzene rings is 7. The molecule has 0 saturated heterocycles. The van der Waals surface area contributed by atoms with Crippen molar-refractivity contribution in [2.24, 2.45) is 0 Å². The number of para-hydroxylation sites is 2. The Morgan fingerprint density at radius 2 is 0.948 bits per heavy atom. The van der Waals surface area contributed by atoms with E-state index in [4.69, 9.17) is 0 Å². The number of carbonyl (C=O) groups is 2. The number of fused-ring (bicyclic) bond motifs is 2. The number of hydrogen-bond donors (Lipinski definition) is 0. The molecule has 0 saturated carbocycles. The number of amides is 2. The molecule has 0 fully saturated rings. The molecule has 9 heteroatoms. The number of nitro benzene ring substituents is 2. The third-order valence-electron chi connectivity index (χ3n) is 12.2. The van der Waals surface area contributed by atoms with Crippen LogP contribution in [0.1, 0.15) is 112 Å². The average Bonchev–Trinajstić information content (AvgIpc) is 3.23. The van der Waals surface area contributed by atoms with Crippen LogP contribution in [-0.2, 0) is 0 Å². The predicted molar refractivity (Wildman–Crippen MR) is 233 cm³/mol. The van der Waals surface area contributed by atoms with Crippen LogP contribution in [0.5, 0.6) is 0 Å². The highest BCUT2D eigenvalue weighted by atomic mass is 16.6. The van der Waals surface area contributed by atoms with Crippen LogP contribution in [0.15, 0.2) is 97.1 Å². The Hall–Kier alpha value is -6.22. The van der Waals surface area contributed by atoms with Gasteiger partial charge in [0.05, 0.1) is 21.0 Å². The summed E-state index contributed by atoms with van der Waals surface area (Å²) in [6, 6.07) is 28.4. The summed E-state index contributed by atoms with van der Waals surface area (Å²) in [5.74, 6) is -0.543. The van der Waals surface area contributed by atoms with Crippen LogP contribution in [0.3, 0.4) is 0 Å². The number of hydrogen-bond acceptors (Lipinski definition) is 6. The van der Waals surface area contributed by atoms with Crippen molar-refractivity contribution in [1.82, 2.24) is 4.90 Å². The van der Waals surface area contributed by atoms with E-state index in [9.17, 15) is 29.8 Å². The summed E-state index contributed by atoms with van der Waals surface area (Å²) in [7, 11) is 0. The molecule has 0 atom stereocenters. The zero-order valence-electron chi connectivity index (χ0n) is 33.1. The molecule has 58 heavy (non-hydrogen) atoms. The molecular formula is C49H47N3O6. The van der Waals surface area contributed by atoms with Crippen molar-refractivity contribution >= 4 is 66.3 Å². The van der Waals surface area contributed by atoms with Gasteiger partial charge in [-0.25, -0.2) is 0 Å². The molecule has 0 aromatic heterocycles. The molecule has 0 bridgehead atoms. The molecule has 0 spiro atoms. The monoisotopic (exact) mass is 773 g/mol. The SMILES string of the molecule is CCCCCCCC(CCCCCCC)N1C(=O)c2ccc3c4cc(-c5ccccc5[N+](=O)[O-])cc5cc(-c6ccccc6[N+](=O)[O-])cc(c6ccc(c2c36)C1=O)c54. The number of nitrogens with zero attached hydrogens (tertiary/aromatic N) is 3. The van der Waals surface area contributed by atoms with Gasteiger partial charge in [0, 0.05) is 34.7 Å². The highest BCUT2D eigenvalue weighted by molar-refractivity contribution is 6.39. The summed E-state index contributed by atoms with van der Waals surface area (Å²) < 4.78 is 0. The van der Waals surface area contributed by atoms with E-state index in [1.54, 1.807) is 41.3 Å². The molecule has 1 heterocycles. The van der Waals surface area contributed by atoms with Gasteiger partial charge < -0.3 is 0 Å². The fourth-order valence-electron chi connectivity index (χ4n) is 9.36. The molecular weight excluding hydrogens is 727 g/mol. The third kappa shape index (κ3) is 6.82. The first-order valence-corrected chi connectivity index (χ1v) is 20.8. The largest absolute Gasteiger partial charge is 0.277 e. The van der Waals surface area contributed by atoms with Gasteiger partial charge in [-0.2, -0.15) is 0 Å². The van der Waals surface area contributed by atoms with Crippen molar-refractivity contribution in [1.29, 1.82) is 0 Å². The highest BCUT2D eigenvalue weighted by Gasteiger charge is 2.38. The maximum Gasteiger partial charge on any atom is 0.277 e. The maximum absolute atomic E-state index is 14.7. The normalized spacial score (nSPS) is 12.9. The van der Waals surface area contributed by atoms with Crippen molar-refractivity contribution in [3.8, 4) is 22.3 Å². The first-order chi connectivity index (χ1) is 28.2. The fraction of sp³-hybridized carbons (Fsp3) is 0.306. The smallest absolute Gasteiger partial charge is 0.271 e. The van der Waals surface area contributed by atoms with E-state index in [1.807, 2.05) is 48.5 Å². The molecule has 0 radical (unpaired) electrons. The van der Waals surface area contributed by atoms with E-state index in [2.05, 4.69) is 13.8 Å². The van der Waals surface area contributed by atoms with Crippen molar-refractivity contribution in [2.75, 3.05) is 0 Å². The van der Waals surface area contributed by atoms with Gasteiger partial charge in [0.2, 0.25) is 0 Å². The number of carbonyl (C=O) groups excluding carboxylic acids is 2. The van der Waals surface area contributed by atoms with Crippen molar-refractivity contribution in [3.05, 3.63) is 128 Å². The van der Waals surface area contributed by atoms with Crippen LogP contribution in [0.2, 0.25) is 0 Å². The van der Waals surface area contributed by atoms with Gasteiger partial charge in [0.1, 0.15) is 0 Å². The van der Waals surface area contributed by atoms with Crippen LogP contribution in [0, 0.1) is 20.2 Å². The van der Waals surface area contributed by atoms with Gasteiger partial charge in [-0.1, -0.05) is 114 Å². The molecule has 294 valence electrons. The van der Waals surface area contributed by atoms with E-state index in [1.165, 1.54) is 25.0 Å². The van der Waals surface area contributed by atoms with Crippen molar-refractivity contribution < 1.29 is 19.4 Å². The number of rotatable bonds is 17. The van der Waals surface area contributed by atoms with Crippen molar-refractivity contribution in [3.63, 3.8) is 0 Å². The molecule has 0 aliphatic carbocycles. The minimum atomic E-state index is -0.395. The molecule has 7 aromatic rings. The van der Waals surface area contributed by atoms with E-state index in [0.29, 0.717) is 38.8 Å². The lowest BCUT2D eigenvalue weighted by Gasteiger charge is -2.35. The van der Waals surface area contributed by atoms with Crippen LogP contribution in [0.4, 0.5) is 11.4 Å². The van der Waals surface area contributed by atoms with Gasteiger partial charge in [-0.3, -0.25) is 34.7 Å². The van der Waals surface area contributed by atoms with E-state index in [0.717, 1.165) is 102 Å². The minimum absolute atomic E-state index is 0.0425. The molecule has 8 rings (SSSR count). The molecule has 1 aliphatic heterocycles. The second-order valence-electron chi connectivity index (χ2n) is 15.8. The van der Waals surface area contributed by atoms with Gasteiger partial charge in [-0.05, 0) is 110 Å². The van der Waals surface area contributed by atoms with Crippen LogP contribution in [-0.4, -0.2) is 32.6 Å². The molecule has 0 N–H and O–H groups in total. The summed E-state index contributed by atoms with van der Waals surface area (Å²) >= 11 is 0. The molecule has 0 unspecified atom stereocenters. The van der Waals surface area contributed by atoms with Gasteiger partial charge >= 0.3 is 0 Å². The number of nitro groups is 2. The Bertz CT molecular complexity index is 2560. The maximum atomic E-state index is 14.7. The first-order valence-electron chi connectivity index (χ1n) is 20.8. The highest BCUT2D eigenvalue weighted by Crippen LogP contribution is 2.48. The Morgan fingerprint density at radius 3 is 1.40 bits per heavy atom. The molecule has 9 nitrogen and oxygen atoms in total. The summed E-state index contributed by atoms with van der Waals surface area (Å²) in [6.45, 7) is 4.39. The summed E-state index contributed by atoms with van der Waals surface area (Å²) in [6.07, 6.45) is 12.5. The van der Waals surface area contributed by atoms with Gasteiger partial charge in [0.25, 0.3) is 23.2 Å². The zero-order chi connectivity index (χ0) is 40.5. The number of imide groups is 1. The van der Waals surface area contributed by atoms with E-state index < -0.39 is 9.85 Å². The van der Waals surface area contributed by atoms with E-state index >= 15 is 0 Å². The minimum Gasteiger partial charge on any atom is -0.271 e. The number of unbranched alkanes of at least 4 members (excludes halogenated alkanes) is 8. The second kappa shape index (κ2) is 16.3. The van der Waals surface area contributed by atoms with Gasteiger partial charge in [-0.15, -0.1) is 0 Å². The Balaban J connectivity index is 1.35. The van der Waals surface area contributed by atoms with E-state index in [-0.39, 0.29) is 29.2 Å². The molecule has 2 amide bonds. The van der Waals surface area contributed by atoms with Crippen LogP contribution >= 0.6 is 0 Å². The van der Waals surface area contributed by atoms with Crippen LogP contribution < -0.4 is 0 Å². The first kappa shape index (κ1) is 38.6. The lowest BCUT2D eigenvalue weighted by atomic mass is 9.82. The predicted octanol–water partition coefficient (Wildman–Crippen LogP) is 13.6. The van der Waals surface area contributed by atoms with Crippen molar-refractivity contribution in [2.45, 2.75) is 96.9 Å². The molecule has 7 aromatic carbocycles. The average molecular weight is 774 g/mol.